The molecule has 134 valence electrons. The lowest BCUT2D eigenvalue weighted by molar-refractivity contribution is 0.213. The second-order valence-electron chi connectivity index (χ2n) is 5.27. The van der Waals surface area contributed by atoms with Gasteiger partial charge in [0.1, 0.15) is 11.1 Å². The largest absolute Gasteiger partial charge is 0.496 e. The maximum atomic E-state index is 12.7. The second kappa shape index (κ2) is 7.88. The molecule has 2 aromatic rings. The van der Waals surface area contributed by atoms with E-state index in [1.807, 2.05) is 28.5 Å². The van der Waals surface area contributed by atoms with Crippen LogP contribution in [-0.4, -0.2) is 44.6 Å². The molecule has 3 rings (SSSR count). The molecule has 1 fully saturated rings. The normalized spacial score (nSPS) is 16.6. The standard InChI is InChI=1S/C17H20N2O4S2/c1-21-12-10-14(23-3)13(22-2)9-11(12)16-19(6-8-25-16)17(20)18-15-5-4-7-24-15/h4-5,7,9-10,16H,6,8H2,1-3H3,(H,18,20). The molecule has 8 heteroatoms. The number of nitrogens with zero attached hydrogens (tertiary/aromatic N) is 1. The minimum Gasteiger partial charge on any atom is -0.496 e. The molecule has 1 aromatic heterocycles. The van der Waals surface area contributed by atoms with Crippen LogP contribution in [0.4, 0.5) is 9.80 Å². The van der Waals surface area contributed by atoms with E-state index in [0.29, 0.717) is 23.8 Å². The van der Waals surface area contributed by atoms with E-state index in [4.69, 9.17) is 14.2 Å². The molecule has 0 spiro atoms. The van der Waals surface area contributed by atoms with Crippen LogP contribution in [0, 0.1) is 0 Å². The first-order valence-corrected chi connectivity index (χ1v) is 9.63. The van der Waals surface area contributed by atoms with Crippen molar-refractivity contribution >= 4 is 34.1 Å². The Morgan fingerprint density at radius 2 is 1.88 bits per heavy atom. The molecule has 1 N–H and O–H groups in total. The monoisotopic (exact) mass is 380 g/mol. The summed E-state index contributed by atoms with van der Waals surface area (Å²) >= 11 is 3.20. The minimum absolute atomic E-state index is 0.116. The number of benzene rings is 1. The molecule has 6 nitrogen and oxygen atoms in total. The van der Waals surface area contributed by atoms with Gasteiger partial charge in [-0.05, 0) is 23.6 Å². The van der Waals surface area contributed by atoms with Gasteiger partial charge in [0.15, 0.2) is 11.5 Å². The lowest BCUT2D eigenvalue weighted by Crippen LogP contribution is -2.34. The van der Waals surface area contributed by atoms with Gasteiger partial charge in [-0.15, -0.1) is 23.1 Å². The number of thiophene rings is 1. The SMILES string of the molecule is COc1cc(OC)c(C2SCCN2C(=O)Nc2cccs2)cc1OC. The lowest BCUT2D eigenvalue weighted by Gasteiger charge is -2.26. The summed E-state index contributed by atoms with van der Waals surface area (Å²) in [5, 5.41) is 5.57. The van der Waals surface area contributed by atoms with E-state index in [1.54, 1.807) is 39.2 Å². The predicted molar refractivity (Wildman–Crippen MR) is 101 cm³/mol. The van der Waals surface area contributed by atoms with Crippen molar-refractivity contribution in [2.75, 3.05) is 38.9 Å². The molecule has 0 aliphatic carbocycles. The number of hydrogen-bond acceptors (Lipinski definition) is 6. The molecule has 25 heavy (non-hydrogen) atoms. The topological polar surface area (TPSA) is 60.0 Å². The van der Waals surface area contributed by atoms with Crippen molar-refractivity contribution in [3.05, 3.63) is 35.2 Å². The van der Waals surface area contributed by atoms with Crippen molar-refractivity contribution in [2.45, 2.75) is 5.37 Å². The van der Waals surface area contributed by atoms with Crippen LogP contribution in [0.3, 0.4) is 0 Å². The fourth-order valence-corrected chi connectivity index (χ4v) is 4.59. The van der Waals surface area contributed by atoms with Gasteiger partial charge in [-0.1, -0.05) is 0 Å². The average molecular weight is 380 g/mol. The van der Waals surface area contributed by atoms with Crippen LogP contribution in [0.25, 0.3) is 0 Å². The summed E-state index contributed by atoms with van der Waals surface area (Å²) in [7, 11) is 4.79. The molecule has 0 radical (unpaired) electrons. The highest BCUT2D eigenvalue weighted by atomic mass is 32.2. The summed E-state index contributed by atoms with van der Waals surface area (Å²) in [6.45, 7) is 0.671. The highest BCUT2D eigenvalue weighted by molar-refractivity contribution is 7.99. The third-order valence-electron chi connectivity index (χ3n) is 3.91. The molecular weight excluding hydrogens is 360 g/mol. The van der Waals surface area contributed by atoms with Crippen LogP contribution >= 0.6 is 23.1 Å². The number of thioether (sulfide) groups is 1. The fraction of sp³-hybridized carbons (Fsp3) is 0.353. The van der Waals surface area contributed by atoms with Crippen molar-refractivity contribution in [2.24, 2.45) is 0 Å². The number of hydrogen-bond donors (Lipinski definition) is 1. The maximum Gasteiger partial charge on any atom is 0.323 e. The Kier molecular flexibility index (Phi) is 5.60. The van der Waals surface area contributed by atoms with E-state index in [9.17, 15) is 4.79 Å². The van der Waals surface area contributed by atoms with Crippen LogP contribution in [0.5, 0.6) is 17.2 Å². The molecule has 1 saturated heterocycles. The van der Waals surface area contributed by atoms with Gasteiger partial charge in [-0.3, -0.25) is 5.32 Å². The van der Waals surface area contributed by atoms with E-state index in [-0.39, 0.29) is 11.4 Å². The van der Waals surface area contributed by atoms with Gasteiger partial charge in [0.25, 0.3) is 0 Å². The van der Waals surface area contributed by atoms with Crippen molar-refractivity contribution < 1.29 is 19.0 Å². The quantitative estimate of drug-likeness (QED) is 0.848. The highest BCUT2D eigenvalue weighted by Gasteiger charge is 2.33. The smallest absolute Gasteiger partial charge is 0.323 e. The Balaban J connectivity index is 1.90. The number of carbonyl (C=O) groups excluding carboxylic acids is 1. The van der Waals surface area contributed by atoms with Crippen LogP contribution in [0.2, 0.25) is 0 Å². The summed E-state index contributed by atoms with van der Waals surface area (Å²) in [5.74, 6) is 2.75. The molecule has 1 atom stereocenters. The van der Waals surface area contributed by atoms with Gasteiger partial charge in [-0.2, -0.15) is 0 Å². The van der Waals surface area contributed by atoms with Crippen molar-refractivity contribution in [1.82, 2.24) is 4.90 Å². The van der Waals surface area contributed by atoms with E-state index >= 15 is 0 Å². The third-order valence-corrected chi connectivity index (χ3v) is 5.93. The molecular formula is C17H20N2O4S2. The molecule has 1 aromatic carbocycles. The number of nitrogens with one attached hydrogen (secondary N) is 1. The van der Waals surface area contributed by atoms with E-state index in [0.717, 1.165) is 16.3 Å². The fourth-order valence-electron chi connectivity index (χ4n) is 2.71. The molecule has 2 amide bonds. The number of carbonyl (C=O) groups is 1. The minimum atomic E-state index is -0.144. The Morgan fingerprint density at radius 1 is 1.16 bits per heavy atom. The Hall–Kier alpha value is -2.06. The summed E-state index contributed by atoms with van der Waals surface area (Å²) in [6.07, 6.45) is 0. The van der Waals surface area contributed by atoms with Gasteiger partial charge in [-0.25, -0.2) is 4.79 Å². The first kappa shape index (κ1) is 17.8. The van der Waals surface area contributed by atoms with E-state index in [1.165, 1.54) is 11.3 Å². The first-order chi connectivity index (χ1) is 12.2. The summed E-state index contributed by atoms with van der Waals surface area (Å²) < 4.78 is 16.3. The zero-order chi connectivity index (χ0) is 17.8. The number of ether oxygens (including phenoxy) is 3. The molecule has 1 aliphatic heterocycles. The Bertz CT molecular complexity index is 736. The van der Waals surface area contributed by atoms with E-state index in [2.05, 4.69) is 5.32 Å². The molecule has 0 bridgehead atoms. The van der Waals surface area contributed by atoms with Crippen LogP contribution < -0.4 is 19.5 Å². The predicted octanol–water partition coefficient (Wildman–Crippen LogP) is 4.05. The molecule has 0 saturated carbocycles. The zero-order valence-electron chi connectivity index (χ0n) is 14.3. The van der Waals surface area contributed by atoms with Gasteiger partial charge in [0.2, 0.25) is 0 Å². The van der Waals surface area contributed by atoms with Crippen molar-refractivity contribution in [3.8, 4) is 17.2 Å². The Labute approximate surface area is 155 Å². The average Bonchev–Trinajstić information content (AvgIpc) is 3.31. The van der Waals surface area contributed by atoms with Crippen molar-refractivity contribution in [1.29, 1.82) is 0 Å². The third kappa shape index (κ3) is 3.64. The van der Waals surface area contributed by atoms with Gasteiger partial charge in [0, 0.05) is 23.9 Å². The summed E-state index contributed by atoms with van der Waals surface area (Å²) in [5.41, 5.74) is 0.893. The van der Waals surface area contributed by atoms with Crippen LogP contribution in [0.1, 0.15) is 10.9 Å². The number of methoxy groups -OCH3 is 3. The number of urea groups is 1. The summed E-state index contributed by atoms with van der Waals surface area (Å²) in [4.78, 5) is 14.5. The number of rotatable bonds is 5. The van der Waals surface area contributed by atoms with Crippen LogP contribution in [0.15, 0.2) is 29.6 Å². The first-order valence-electron chi connectivity index (χ1n) is 7.70. The van der Waals surface area contributed by atoms with Crippen molar-refractivity contribution in [3.63, 3.8) is 0 Å². The number of amides is 2. The zero-order valence-corrected chi connectivity index (χ0v) is 15.9. The van der Waals surface area contributed by atoms with Gasteiger partial charge in [0.05, 0.1) is 26.3 Å². The number of anilines is 1. The summed E-state index contributed by atoms with van der Waals surface area (Å²) in [6, 6.07) is 7.36. The maximum absolute atomic E-state index is 12.7. The Morgan fingerprint density at radius 3 is 2.52 bits per heavy atom. The van der Waals surface area contributed by atoms with Crippen LogP contribution in [-0.2, 0) is 0 Å². The van der Waals surface area contributed by atoms with E-state index < -0.39 is 0 Å². The molecule has 2 heterocycles. The second-order valence-corrected chi connectivity index (χ2v) is 7.41. The van der Waals surface area contributed by atoms with Gasteiger partial charge >= 0.3 is 6.03 Å². The molecule has 1 aliphatic rings. The lowest BCUT2D eigenvalue weighted by atomic mass is 10.1. The molecule has 1 unspecified atom stereocenters. The van der Waals surface area contributed by atoms with Gasteiger partial charge < -0.3 is 19.1 Å². The highest BCUT2D eigenvalue weighted by Crippen LogP contribution is 2.46.